The van der Waals surface area contributed by atoms with Gasteiger partial charge in [0.15, 0.2) is 5.13 Å². The zero-order valence-corrected chi connectivity index (χ0v) is 19.2. The average molecular weight is 450 g/mol. The van der Waals surface area contributed by atoms with Gasteiger partial charge in [0.25, 0.3) is 5.56 Å². The molecule has 1 amide bonds. The number of rotatable bonds is 5. The summed E-state index contributed by atoms with van der Waals surface area (Å²) in [6.07, 6.45) is 0.922. The molecule has 0 bridgehead atoms. The van der Waals surface area contributed by atoms with Crippen molar-refractivity contribution in [2.75, 3.05) is 18.9 Å². The monoisotopic (exact) mass is 449 g/mol. The van der Waals surface area contributed by atoms with Gasteiger partial charge in [-0.05, 0) is 33.4 Å². The molecule has 29 heavy (non-hydrogen) atoms. The summed E-state index contributed by atoms with van der Waals surface area (Å²) in [5.41, 5.74) is 1.98. The largest absolute Gasteiger partial charge is 0.309 e. The van der Waals surface area contributed by atoms with E-state index in [1.807, 2.05) is 20.8 Å². The Morgan fingerprint density at radius 3 is 2.93 bits per heavy atom. The van der Waals surface area contributed by atoms with Gasteiger partial charge in [-0.15, -0.1) is 34.4 Å². The number of carbonyl (C=O) groups is 1. The Balaban J connectivity index is 1.39. The molecular formula is C19H23N5O2S3. The number of anilines is 1. The van der Waals surface area contributed by atoms with Gasteiger partial charge < -0.3 is 15.2 Å². The number of aryl methyl sites for hydroxylation is 2. The van der Waals surface area contributed by atoms with Gasteiger partial charge in [0, 0.05) is 29.3 Å². The molecule has 0 fully saturated rings. The van der Waals surface area contributed by atoms with E-state index in [0.717, 1.165) is 40.5 Å². The normalized spacial score (nSPS) is 15.4. The van der Waals surface area contributed by atoms with Crippen LogP contribution >= 0.6 is 34.4 Å². The predicted molar refractivity (Wildman–Crippen MR) is 121 cm³/mol. The van der Waals surface area contributed by atoms with Gasteiger partial charge >= 0.3 is 0 Å². The molecule has 3 aromatic heterocycles. The lowest BCUT2D eigenvalue weighted by Gasteiger charge is -2.20. The van der Waals surface area contributed by atoms with Crippen LogP contribution in [0.25, 0.3) is 10.2 Å². The van der Waals surface area contributed by atoms with Crippen molar-refractivity contribution >= 4 is 55.7 Å². The van der Waals surface area contributed by atoms with Crippen molar-refractivity contribution in [2.24, 2.45) is 0 Å². The lowest BCUT2D eigenvalue weighted by Crippen LogP contribution is -2.25. The van der Waals surface area contributed by atoms with Crippen molar-refractivity contribution in [1.82, 2.24) is 19.9 Å². The number of amides is 1. The molecule has 0 aromatic carbocycles. The molecule has 1 unspecified atom stereocenters. The van der Waals surface area contributed by atoms with Gasteiger partial charge in [0.05, 0.1) is 22.1 Å². The summed E-state index contributed by atoms with van der Waals surface area (Å²) in [6, 6.07) is 0. The molecule has 0 radical (unpaired) electrons. The van der Waals surface area contributed by atoms with Crippen LogP contribution in [0.2, 0.25) is 0 Å². The predicted octanol–water partition coefficient (Wildman–Crippen LogP) is 3.31. The lowest BCUT2D eigenvalue weighted by molar-refractivity contribution is -0.115. The van der Waals surface area contributed by atoms with E-state index in [1.54, 1.807) is 11.3 Å². The Labute approximate surface area is 181 Å². The number of likely N-dealkylation sites (N-methyl/N-ethyl adjacent to an activating group) is 1. The number of hydrogen-bond donors (Lipinski definition) is 2. The van der Waals surface area contributed by atoms with E-state index < -0.39 is 0 Å². The lowest BCUT2D eigenvalue weighted by atomic mass is 10.2. The first-order chi connectivity index (χ1) is 13.8. The number of thiazole rings is 1. The summed E-state index contributed by atoms with van der Waals surface area (Å²) < 4.78 is 0. The molecule has 4 rings (SSSR count). The molecule has 1 aliphatic rings. The standard InChI is InChI=1S/C19H23N5O2S3/c1-9-10(2)28-18-15(9)17(26)21-14(22-18)8-27-11(3)16(25)23-19-20-12-5-6-24(4)7-13(12)29-19/h11H,5-8H2,1-4H3,(H,20,23,25)(H,21,22,26). The van der Waals surface area contributed by atoms with Crippen LogP contribution in [0.3, 0.4) is 0 Å². The number of nitrogens with zero attached hydrogens (tertiary/aromatic N) is 3. The van der Waals surface area contributed by atoms with Crippen LogP contribution < -0.4 is 10.9 Å². The second kappa shape index (κ2) is 8.17. The fourth-order valence-electron chi connectivity index (χ4n) is 3.23. The minimum Gasteiger partial charge on any atom is -0.309 e. The third-order valence-corrected chi connectivity index (χ3v) is 8.33. The Morgan fingerprint density at radius 2 is 2.14 bits per heavy atom. The summed E-state index contributed by atoms with van der Waals surface area (Å²) in [5, 5.41) is 3.99. The van der Waals surface area contributed by atoms with Crippen molar-refractivity contribution in [3.63, 3.8) is 0 Å². The Kier molecular flexibility index (Phi) is 5.78. The summed E-state index contributed by atoms with van der Waals surface area (Å²) in [7, 11) is 2.09. The van der Waals surface area contributed by atoms with Crippen molar-refractivity contribution in [1.29, 1.82) is 0 Å². The second-order valence-corrected chi connectivity index (χ2v) is 10.9. The van der Waals surface area contributed by atoms with E-state index in [9.17, 15) is 9.59 Å². The van der Waals surface area contributed by atoms with Crippen LogP contribution in [0.5, 0.6) is 0 Å². The average Bonchev–Trinajstić information content (AvgIpc) is 3.19. The molecule has 0 saturated carbocycles. The van der Waals surface area contributed by atoms with E-state index in [1.165, 1.54) is 28.0 Å². The van der Waals surface area contributed by atoms with Crippen LogP contribution in [0.15, 0.2) is 4.79 Å². The van der Waals surface area contributed by atoms with Gasteiger partial charge in [-0.25, -0.2) is 9.97 Å². The minimum atomic E-state index is -0.286. The highest BCUT2D eigenvalue weighted by Gasteiger charge is 2.21. The molecule has 1 aliphatic heterocycles. The molecule has 10 heteroatoms. The zero-order valence-electron chi connectivity index (χ0n) is 16.8. The van der Waals surface area contributed by atoms with Gasteiger partial charge in [0.2, 0.25) is 5.91 Å². The fourth-order valence-corrected chi connectivity index (χ4v) is 6.13. The van der Waals surface area contributed by atoms with Crippen molar-refractivity contribution < 1.29 is 4.79 Å². The summed E-state index contributed by atoms with van der Waals surface area (Å²) in [4.78, 5) is 42.3. The van der Waals surface area contributed by atoms with Crippen molar-refractivity contribution in [2.45, 2.75) is 44.7 Å². The maximum Gasteiger partial charge on any atom is 0.259 e. The molecule has 7 nitrogen and oxygen atoms in total. The first-order valence-corrected chi connectivity index (χ1v) is 12.1. The molecule has 2 N–H and O–H groups in total. The minimum absolute atomic E-state index is 0.0827. The first kappa shape index (κ1) is 20.5. The number of aromatic nitrogens is 3. The maximum absolute atomic E-state index is 12.6. The summed E-state index contributed by atoms with van der Waals surface area (Å²) in [6.45, 7) is 7.68. The third-order valence-electron chi connectivity index (χ3n) is 5.08. The molecule has 0 saturated heterocycles. The molecule has 3 aromatic rings. The third kappa shape index (κ3) is 4.25. The van der Waals surface area contributed by atoms with Crippen LogP contribution in [-0.2, 0) is 23.5 Å². The maximum atomic E-state index is 12.6. The van der Waals surface area contributed by atoms with E-state index in [0.29, 0.717) is 22.1 Å². The molecule has 154 valence electrons. The Bertz CT molecular complexity index is 1130. The highest BCUT2D eigenvalue weighted by Crippen LogP contribution is 2.29. The number of carbonyl (C=O) groups excluding carboxylic acids is 1. The van der Waals surface area contributed by atoms with Crippen LogP contribution in [-0.4, -0.2) is 44.6 Å². The van der Waals surface area contributed by atoms with E-state index >= 15 is 0 Å². The Hall–Kier alpha value is -1.75. The molecule has 4 heterocycles. The van der Waals surface area contributed by atoms with E-state index in [-0.39, 0.29) is 16.7 Å². The van der Waals surface area contributed by atoms with Crippen molar-refractivity contribution in [3.8, 4) is 0 Å². The number of nitrogens with one attached hydrogen (secondary N) is 2. The molecule has 0 aliphatic carbocycles. The number of hydrogen-bond acceptors (Lipinski definition) is 8. The van der Waals surface area contributed by atoms with E-state index in [4.69, 9.17) is 0 Å². The van der Waals surface area contributed by atoms with Gasteiger partial charge in [-0.2, -0.15) is 0 Å². The molecule has 1 atom stereocenters. The molecular weight excluding hydrogens is 426 g/mol. The molecule has 0 spiro atoms. The fraction of sp³-hybridized carbons (Fsp3) is 0.474. The van der Waals surface area contributed by atoms with Gasteiger partial charge in [0.1, 0.15) is 10.7 Å². The number of aromatic amines is 1. The quantitative estimate of drug-likeness (QED) is 0.621. The SMILES string of the molecule is Cc1sc2nc(CSC(C)C(=O)Nc3nc4c(s3)CN(C)CC4)[nH]c(=O)c2c1C. The summed E-state index contributed by atoms with van der Waals surface area (Å²) in [5.74, 6) is 0.983. The highest BCUT2D eigenvalue weighted by atomic mass is 32.2. The van der Waals surface area contributed by atoms with Crippen LogP contribution in [0, 0.1) is 13.8 Å². The number of thiophene rings is 1. The number of H-pyrrole nitrogens is 1. The number of fused-ring (bicyclic) bond motifs is 2. The van der Waals surface area contributed by atoms with Gasteiger partial charge in [-0.1, -0.05) is 0 Å². The van der Waals surface area contributed by atoms with Crippen LogP contribution in [0.4, 0.5) is 5.13 Å². The van der Waals surface area contributed by atoms with Crippen LogP contribution in [0.1, 0.15) is 33.8 Å². The first-order valence-electron chi connectivity index (χ1n) is 9.40. The summed E-state index contributed by atoms with van der Waals surface area (Å²) >= 11 is 4.54. The number of thioether (sulfide) groups is 1. The highest BCUT2D eigenvalue weighted by molar-refractivity contribution is 7.99. The zero-order chi connectivity index (χ0) is 20.7. The van der Waals surface area contributed by atoms with Gasteiger partial charge in [-0.3, -0.25) is 9.59 Å². The second-order valence-electron chi connectivity index (χ2n) is 7.30. The smallest absolute Gasteiger partial charge is 0.259 e. The van der Waals surface area contributed by atoms with E-state index in [2.05, 4.69) is 32.2 Å². The van der Waals surface area contributed by atoms with Crippen molar-refractivity contribution in [3.05, 3.63) is 37.2 Å². The topological polar surface area (TPSA) is 91.0 Å². The Morgan fingerprint density at radius 1 is 1.34 bits per heavy atom.